The van der Waals surface area contributed by atoms with Crippen molar-refractivity contribution in [3.05, 3.63) is 94.4 Å². The molecular weight excluding hydrogens is 392 g/mol. The molecule has 0 atom stereocenters. The zero-order valence-electron chi connectivity index (χ0n) is 14.9. The Morgan fingerprint density at radius 3 is 2.31 bits per heavy atom. The van der Waals surface area contributed by atoms with Crippen molar-refractivity contribution >= 4 is 21.3 Å². The molecule has 1 aromatic heterocycles. The van der Waals surface area contributed by atoms with Gasteiger partial charge in [0.2, 0.25) is 10.0 Å². The summed E-state index contributed by atoms with van der Waals surface area (Å²) in [5.74, 6) is 0. The summed E-state index contributed by atoms with van der Waals surface area (Å²) in [6, 6.07) is 14.0. The second-order valence-electron chi connectivity index (χ2n) is 6.25. The second-order valence-corrected chi connectivity index (χ2v) is 7.81. The summed E-state index contributed by atoms with van der Waals surface area (Å²) in [4.78, 5) is 10.5. The van der Waals surface area contributed by atoms with Crippen LogP contribution in [-0.2, 0) is 10.0 Å². The standard InChI is InChI=1S/C20H14N4O4S/c21-29(27,28)18-11-9-16(10-12-18)23-20(13-19(22-23)14-3-1-2-4-14)15-5-7-17(8-6-15)24(25)26/h1-3,5-13H,(H2,21,27,28). The zero-order chi connectivity index (χ0) is 20.6. The molecule has 0 bridgehead atoms. The van der Waals surface area contributed by atoms with Gasteiger partial charge in [0.1, 0.15) is 5.69 Å². The summed E-state index contributed by atoms with van der Waals surface area (Å²) < 4.78 is 24.7. The molecule has 144 valence electrons. The summed E-state index contributed by atoms with van der Waals surface area (Å²) in [5, 5.41) is 20.7. The quantitative estimate of drug-likeness (QED) is 0.396. The number of hydrogen-bond donors (Lipinski definition) is 1. The largest absolute Gasteiger partial charge is 0.269 e. The lowest BCUT2D eigenvalue weighted by Gasteiger charge is -2.08. The molecule has 0 saturated heterocycles. The van der Waals surface area contributed by atoms with Crippen LogP contribution in [0.15, 0.2) is 83.5 Å². The first-order chi connectivity index (χ1) is 13.8. The minimum Gasteiger partial charge on any atom is -0.258 e. The molecule has 1 heterocycles. The number of benzene rings is 2. The van der Waals surface area contributed by atoms with Crippen molar-refractivity contribution in [2.45, 2.75) is 4.90 Å². The number of nitrogens with two attached hydrogens (primary N) is 1. The maximum atomic E-state index is 11.5. The van der Waals surface area contributed by atoms with Gasteiger partial charge in [0.25, 0.3) is 5.69 Å². The number of hydrogen-bond acceptors (Lipinski definition) is 5. The maximum Gasteiger partial charge on any atom is 0.269 e. The van der Waals surface area contributed by atoms with Gasteiger partial charge < -0.3 is 0 Å². The van der Waals surface area contributed by atoms with E-state index in [-0.39, 0.29) is 10.6 Å². The van der Waals surface area contributed by atoms with Gasteiger partial charge >= 0.3 is 0 Å². The normalized spacial score (nSPS) is 12.9. The highest BCUT2D eigenvalue weighted by molar-refractivity contribution is 7.89. The van der Waals surface area contributed by atoms with E-state index >= 15 is 0 Å². The molecule has 0 unspecified atom stereocenters. The molecule has 0 fully saturated rings. The van der Waals surface area contributed by atoms with Crippen molar-refractivity contribution in [2.24, 2.45) is 5.14 Å². The number of aromatic nitrogens is 2. The van der Waals surface area contributed by atoms with E-state index in [9.17, 15) is 18.5 Å². The molecule has 1 aliphatic rings. The predicted molar refractivity (Wildman–Crippen MR) is 108 cm³/mol. The number of nitro benzene ring substituents is 1. The summed E-state index contributed by atoms with van der Waals surface area (Å²) in [6.45, 7) is 0. The molecule has 0 amide bonds. The highest BCUT2D eigenvalue weighted by Crippen LogP contribution is 2.29. The predicted octanol–water partition coefficient (Wildman–Crippen LogP) is 3.20. The number of non-ortho nitro benzene ring substituents is 1. The number of rotatable bonds is 5. The van der Waals surface area contributed by atoms with Crippen LogP contribution in [0.25, 0.3) is 22.5 Å². The van der Waals surface area contributed by atoms with Crippen LogP contribution in [0, 0.1) is 10.1 Å². The van der Waals surface area contributed by atoms with Crippen LogP contribution < -0.4 is 5.14 Å². The summed E-state index contributed by atoms with van der Waals surface area (Å²) in [5.41, 5.74) is 6.56. The molecule has 9 heteroatoms. The number of nitrogens with zero attached hydrogens (tertiary/aromatic N) is 3. The number of nitro groups is 1. The van der Waals surface area contributed by atoms with Crippen molar-refractivity contribution in [3.63, 3.8) is 0 Å². The molecule has 0 spiro atoms. The van der Waals surface area contributed by atoms with Gasteiger partial charge in [-0.3, -0.25) is 10.1 Å². The molecule has 3 aromatic rings. The van der Waals surface area contributed by atoms with Crippen LogP contribution >= 0.6 is 0 Å². The molecule has 0 aliphatic heterocycles. The average Bonchev–Trinajstić information content (AvgIpc) is 3.37. The molecule has 29 heavy (non-hydrogen) atoms. The Bertz CT molecular complexity index is 1310. The van der Waals surface area contributed by atoms with Gasteiger partial charge in [-0.25, -0.2) is 18.2 Å². The maximum absolute atomic E-state index is 11.5. The Morgan fingerprint density at radius 1 is 1.07 bits per heavy atom. The fourth-order valence-corrected chi connectivity index (χ4v) is 3.45. The van der Waals surface area contributed by atoms with Crippen molar-refractivity contribution in [3.8, 4) is 16.9 Å². The second kappa shape index (κ2) is 6.99. The molecule has 4 rings (SSSR count). The van der Waals surface area contributed by atoms with E-state index in [1.165, 1.54) is 24.3 Å². The highest BCUT2D eigenvalue weighted by atomic mass is 32.2. The van der Waals surface area contributed by atoms with E-state index in [0.29, 0.717) is 17.1 Å². The summed E-state index contributed by atoms with van der Waals surface area (Å²) in [7, 11) is -3.81. The van der Waals surface area contributed by atoms with Crippen molar-refractivity contribution < 1.29 is 13.3 Å². The molecular formula is C20H14N4O4S. The van der Waals surface area contributed by atoms with Crippen LogP contribution in [0.1, 0.15) is 5.69 Å². The summed E-state index contributed by atoms with van der Waals surface area (Å²) in [6.07, 6.45) is 5.50. The van der Waals surface area contributed by atoms with E-state index in [1.54, 1.807) is 35.0 Å². The smallest absolute Gasteiger partial charge is 0.258 e. The van der Waals surface area contributed by atoms with E-state index in [0.717, 1.165) is 11.1 Å². The highest BCUT2D eigenvalue weighted by Gasteiger charge is 2.16. The minimum atomic E-state index is -3.81. The molecule has 0 saturated carbocycles. The van der Waals surface area contributed by atoms with Crippen molar-refractivity contribution in [2.75, 3.05) is 0 Å². The lowest BCUT2D eigenvalue weighted by atomic mass is 10.1. The third-order valence-corrected chi connectivity index (χ3v) is 5.30. The van der Waals surface area contributed by atoms with Gasteiger partial charge in [-0.15, -0.1) is 5.73 Å². The van der Waals surface area contributed by atoms with E-state index in [4.69, 9.17) is 5.14 Å². The molecule has 8 nitrogen and oxygen atoms in total. The first-order valence-electron chi connectivity index (χ1n) is 8.45. The van der Waals surface area contributed by atoms with Gasteiger partial charge in [-0.05, 0) is 54.6 Å². The van der Waals surface area contributed by atoms with Crippen LogP contribution in [0.3, 0.4) is 0 Å². The average molecular weight is 406 g/mol. The van der Waals surface area contributed by atoms with Gasteiger partial charge in [-0.1, -0.05) is 6.08 Å². The minimum absolute atomic E-state index is 0.00474. The van der Waals surface area contributed by atoms with Gasteiger partial charge in [0.05, 0.1) is 21.2 Å². The van der Waals surface area contributed by atoms with Gasteiger partial charge in [0, 0.05) is 23.3 Å². The van der Waals surface area contributed by atoms with Crippen LogP contribution in [0.2, 0.25) is 0 Å². The Labute approximate surface area is 166 Å². The van der Waals surface area contributed by atoms with Crippen LogP contribution in [0.5, 0.6) is 0 Å². The Hall–Kier alpha value is -3.78. The lowest BCUT2D eigenvalue weighted by Crippen LogP contribution is -2.12. The van der Waals surface area contributed by atoms with Crippen LogP contribution in [-0.4, -0.2) is 23.1 Å². The van der Waals surface area contributed by atoms with Crippen LogP contribution in [0.4, 0.5) is 5.69 Å². The number of sulfonamides is 1. The van der Waals surface area contributed by atoms with Gasteiger partial charge in [0.15, 0.2) is 0 Å². The summed E-state index contributed by atoms with van der Waals surface area (Å²) >= 11 is 0. The Morgan fingerprint density at radius 2 is 1.76 bits per heavy atom. The van der Waals surface area contributed by atoms with Crippen molar-refractivity contribution in [1.29, 1.82) is 0 Å². The third kappa shape index (κ3) is 3.65. The fraction of sp³-hybridized carbons (Fsp3) is 0. The SMILES string of the molecule is NS(=O)(=O)c1ccc(-n2nc(C3=C=CC=C3)cc2-c2ccc([N+](=O)[O-])cc2)cc1. The molecule has 1 aliphatic carbocycles. The molecule has 0 radical (unpaired) electrons. The van der Waals surface area contributed by atoms with Crippen molar-refractivity contribution in [1.82, 2.24) is 9.78 Å². The Balaban J connectivity index is 1.84. The topological polar surface area (TPSA) is 121 Å². The monoisotopic (exact) mass is 406 g/mol. The fourth-order valence-electron chi connectivity index (χ4n) is 2.94. The lowest BCUT2D eigenvalue weighted by molar-refractivity contribution is -0.384. The van der Waals surface area contributed by atoms with E-state index < -0.39 is 14.9 Å². The van der Waals surface area contributed by atoms with E-state index in [2.05, 4.69) is 10.8 Å². The molecule has 2 N–H and O–H groups in total. The molecule has 2 aromatic carbocycles. The number of allylic oxidation sites excluding steroid dienone is 3. The first-order valence-corrected chi connectivity index (χ1v) is 9.99. The zero-order valence-corrected chi connectivity index (χ0v) is 15.7. The Kier molecular flexibility index (Phi) is 4.48. The number of primary sulfonamides is 1. The first kappa shape index (κ1) is 18.6. The van der Waals surface area contributed by atoms with Gasteiger partial charge in [-0.2, -0.15) is 5.10 Å². The third-order valence-electron chi connectivity index (χ3n) is 4.37. The van der Waals surface area contributed by atoms with E-state index in [1.807, 2.05) is 18.2 Å².